The molecule has 1 unspecified atom stereocenters. The molecule has 1 aromatic rings. The van der Waals surface area contributed by atoms with Gasteiger partial charge in [0.15, 0.2) is 0 Å². The monoisotopic (exact) mass is 330 g/mol. The lowest BCUT2D eigenvalue weighted by molar-refractivity contribution is -0.390. The van der Waals surface area contributed by atoms with Gasteiger partial charge in [0, 0.05) is 13.1 Å². The smallest absolute Gasteiger partial charge is 0.358 e. The number of nitro groups is 1. The maximum absolute atomic E-state index is 12.1. The fourth-order valence-electron chi connectivity index (χ4n) is 2.25. The fraction of sp³-hybridized carbons (Fsp3) is 0.636. The second kappa shape index (κ2) is 5.68. The van der Waals surface area contributed by atoms with E-state index >= 15 is 0 Å². The minimum Gasteiger partial charge on any atom is -0.358 e. The van der Waals surface area contributed by atoms with Gasteiger partial charge in [-0.25, -0.2) is 0 Å². The van der Waals surface area contributed by atoms with Crippen molar-refractivity contribution in [3.05, 3.63) is 20.8 Å². The van der Waals surface area contributed by atoms with Gasteiger partial charge in [0.05, 0.1) is 11.3 Å². The molecule has 0 aromatic carbocycles. The van der Waals surface area contributed by atoms with Crippen LogP contribution in [0.1, 0.15) is 19.8 Å². The highest BCUT2D eigenvalue weighted by molar-refractivity contribution is 9.10. The molecular formula is C11H15BrN4O3. The summed E-state index contributed by atoms with van der Waals surface area (Å²) in [7, 11) is 0. The Hall–Kier alpha value is -1.44. The van der Waals surface area contributed by atoms with Crippen LogP contribution in [0, 0.1) is 16.0 Å². The molecule has 8 heteroatoms. The summed E-state index contributed by atoms with van der Waals surface area (Å²) < 4.78 is 1.60. The Morgan fingerprint density at radius 1 is 1.68 bits per heavy atom. The van der Waals surface area contributed by atoms with E-state index < -0.39 is 4.92 Å². The Kier molecular flexibility index (Phi) is 4.18. The van der Waals surface area contributed by atoms with Crippen LogP contribution in [0.4, 0.5) is 5.82 Å². The first-order chi connectivity index (χ1) is 8.97. The van der Waals surface area contributed by atoms with Gasteiger partial charge in [0.2, 0.25) is 5.91 Å². The Balaban J connectivity index is 2.02. The predicted octanol–water partition coefficient (Wildman–Crippen LogP) is 1.81. The number of carbonyl (C=O) groups is 1. The molecule has 1 fully saturated rings. The molecule has 1 amide bonds. The van der Waals surface area contributed by atoms with Crippen molar-refractivity contribution in [2.75, 3.05) is 13.1 Å². The molecule has 0 saturated carbocycles. The maximum atomic E-state index is 12.1. The number of piperidine rings is 1. The Bertz CT molecular complexity index is 502. The van der Waals surface area contributed by atoms with Gasteiger partial charge in [0.1, 0.15) is 11.0 Å². The molecule has 2 rings (SSSR count). The van der Waals surface area contributed by atoms with Crippen molar-refractivity contribution in [3.8, 4) is 0 Å². The van der Waals surface area contributed by atoms with E-state index in [0.717, 1.165) is 25.9 Å². The van der Waals surface area contributed by atoms with Crippen molar-refractivity contribution >= 4 is 27.7 Å². The molecule has 104 valence electrons. The molecule has 0 N–H and O–H groups in total. The van der Waals surface area contributed by atoms with E-state index in [0.29, 0.717) is 5.92 Å². The van der Waals surface area contributed by atoms with E-state index in [-0.39, 0.29) is 22.7 Å². The molecule has 0 spiro atoms. The zero-order chi connectivity index (χ0) is 14.0. The molecule has 1 aliphatic rings. The van der Waals surface area contributed by atoms with Gasteiger partial charge in [-0.3, -0.25) is 4.79 Å². The summed E-state index contributed by atoms with van der Waals surface area (Å²) in [5, 5.41) is 14.5. The second-order valence-electron chi connectivity index (χ2n) is 4.84. The highest BCUT2D eigenvalue weighted by atomic mass is 79.9. The summed E-state index contributed by atoms with van der Waals surface area (Å²) in [5.74, 6) is 0.202. The molecule has 1 atom stereocenters. The first-order valence-electron chi connectivity index (χ1n) is 6.12. The first kappa shape index (κ1) is 14.0. The largest absolute Gasteiger partial charge is 0.404 e. The Morgan fingerprint density at radius 3 is 3.00 bits per heavy atom. The van der Waals surface area contributed by atoms with Crippen molar-refractivity contribution in [3.63, 3.8) is 0 Å². The first-order valence-corrected chi connectivity index (χ1v) is 6.92. The third-order valence-corrected chi connectivity index (χ3v) is 3.74. The highest BCUT2D eigenvalue weighted by Gasteiger charge is 2.24. The van der Waals surface area contributed by atoms with Crippen LogP contribution in [0.3, 0.4) is 0 Å². The number of hydrogen-bond donors (Lipinski definition) is 0. The zero-order valence-electron chi connectivity index (χ0n) is 10.6. The van der Waals surface area contributed by atoms with Gasteiger partial charge in [0.25, 0.3) is 0 Å². The number of nitrogens with zero attached hydrogens (tertiary/aromatic N) is 4. The average Bonchev–Trinajstić information content (AvgIpc) is 2.70. The summed E-state index contributed by atoms with van der Waals surface area (Å²) in [5.41, 5.74) is 0. The van der Waals surface area contributed by atoms with Gasteiger partial charge in [-0.15, -0.1) is 0 Å². The zero-order valence-corrected chi connectivity index (χ0v) is 12.2. The molecule has 19 heavy (non-hydrogen) atoms. The van der Waals surface area contributed by atoms with Crippen LogP contribution in [-0.4, -0.2) is 38.6 Å². The predicted molar refractivity (Wildman–Crippen MR) is 71.6 cm³/mol. The summed E-state index contributed by atoms with van der Waals surface area (Å²) in [4.78, 5) is 24.0. The van der Waals surface area contributed by atoms with Gasteiger partial charge >= 0.3 is 5.82 Å². The Labute approximate surface area is 118 Å². The van der Waals surface area contributed by atoms with E-state index in [9.17, 15) is 14.9 Å². The summed E-state index contributed by atoms with van der Waals surface area (Å²) >= 11 is 3.06. The van der Waals surface area contributed by atoms with Gasteiger partial charge < -0.3 is 15.0 Å². The normalized spacial score (nSPS) is 19.5. The standard InChI is InChI=1S/C11H15BrN4O3/c1-8-3-2-4-14(5-8)10(17)7-15-6-9(12)11(13-15)16(18)19/h6,8H,2-5,7H2,1H3. The van der Waals surface area contributed by atoms with Crippen molar-refractivity contribution in [2.45, 2.75) is 26.3 Å². The van der Waals surface area contributed by atoms with Gasteiger partial charge in [-0.05, 0) is 39.6 Å². The fourth-order valence-corrected chi connectivity index (χ4v) is 2.71. The molecule has 1 aromatic heterocycles. The van der Waals surface area contributed by atoms with Crippen LogP contribution < -0.4 is 0 Å². The minimum atomic E-state index is -0.575. The number of halogens is 1. The number of hydrogen-bond acceptors (Lipinski definition) is 4. The van der Waals surface area contributed by atoms with E-state index in [2.05, 4.69) is 28.0 Å². The summed E-state index contributed by atoms with van der Waals surface area (Å²) in [6, 6.07) is 0. The number of rotatable bonds is 3. The lowest BCUT2D eigenvalue weighted by Crippen LogP contribution is -2.40. The number of carbonyl (C=O) groups excluding carboxylic acids is 1. The number of aromatic nitrogens is 2. The Morgan fingerprint density at radius 2 is 2.42 bits per heavy atom. The molecule has 1 aliphatic heterocycles. The average molecular weight is 331 g/mol. The van der Waals surface area contributed by atoms with Crippen LogP contribution in [0.2, 0.25) is 0 Å². The molecule has 2 heterocycles. The quantitative estimate of drug-likeness (QED) is 0.625. The van der Waals surface area contributed by atoms with Crippen LogP contribution >= 0.6 is 15.9 Å². The number of likely N-dealkylation sites (tertiary alicyclic amines) is 1. The van der Waals surface area contributed by atoms with Crippen LogP contribution in [0.15, 0.2) is 10.7 Å². The van der Waals surface area contributed by atoms with Crippen molar-refractivity contribution in [1.82, 2.24) is 14.7 Å². The summed E-state index contributed by atoms with van der Waals surface area (Å²) in [6.07, 6.45) is 3.61. The SMILES string of the molecule is CC1CCCN(C(=O)Cn2cc(Br)c([N+](=O)[O-])n2)C1. The van der Waals surface area contributed by atoms with E-state index in [1.807, 2.05) is 0 Å². The molecule has 0 bridgehead atoms. The van der Waals surface area contributed by atoms with Crippen LogP contribution in [-0.2, 0) is 11.3 Å². The van der Waals surface area contributed by atoms with Crippen LogP contribution in [0.25, 0.3) is 0 Å². The van der Waals surface area contributed by atoms with Crippen LogP contribution in [0.5, 0.6) is 0 Å². The van der Waals surface area contributed by atoms with E-state index in [4.69, 9.17) is 0 Å². The van der Waals surface area contributed by atoms with E-state index in [1.54, 1.807) is 4.90 Å². The maximum Gasteiger partial charge on any atom is 0.404 e. The highest BCUT2D eigenvalue weighted by Crippen LogP contribution is 2.22. The van der Waals surface area contributed by atoms with Gasteiger partial charge in [-0.1, -0.05) is 6.92 Å². The van der Waals surface area contributed by atoms with Crippen molar-refractivity contribution in [2.24, 2.45) is 5.92 Å². The third kappa shape index (κ3) is 3.31. The lowest BCUT2D eigenvalue weighted by Gasteiger charge is -2.30. The second-order valence-corrected chi connectivity index (χ2v) is 5.70. The van der Waals surface area contributed by atoms with E-state index in [1.165, 1.54) is 10.9 Å². The molecule has 1 saturated heterocycles. The lowest BCUT2D eigenvalue weighted by atomic mass is 10.0. The molecule has 0 aliphatic carbocycles. The molecule has 0 radical (unpaired) electrons. The number of amides is 1. The molecular weight excluding hydrogens is 316 g/mol. The van der Waals surface area contributed by atoms with Crippen molar-refractivity contribution < 1.29 is 9.72 Å². The molecule has 7 nitrogen and oxygen atoms in total. The minimum absolute atomic E-state index is 0.0408. The third-order valence-electron chi connectivity index (χ3n) is 3.18. The van der Waals surface area contributed by atoms with Crippen molar-refractivity contribution in [1.29, 1.82) is 0 Å². The van der Waals surface area contributed by atoms with Gasteiger partial charge in [-0.2, -0.15) is 4.68 Å². The topological polar surface area (TPSA) is 81.3 Å². The summed E-state index contributed by atoms with van der Waals surface area (Å²) in [6.45, 7) is 3.67.